The Bertz CT molecular complexity index is 1340. The maximum absolute atomic E-state index is 13.9. The average Bonchev–Trinajstić information content (AvgIpc) is 3.29. The van der Waals surface area contributed by atoms with Gasteiger partial charge < -0.3 is 9.80 Å². The third kappa shape index (κ3) is 5.08. The molecule has 1 saturated carbocycles. The third-order valence-corrected chi connectivity index (χ3v) is 8.01. The Morgan fingerprint density at radius 1 is 0.919 bits per heavy atom. The van der Waals surface area contributed by atoms with Crippen molar-refractivity contribution >= 4 is 45.0 Å². The van der Waals surface area contributed by atoms with Crippen molar-refractivity contribution in [3.63, 3.8) is 0 Å². The van der Waals surface area contributed by atoms with Crippen LogP contribution in [0, 0.1) is 5.92 Å². The molecule has 0 unspecified atom stereocenters. The fourth-order valence-electron chi connectivity index (χ4n) is 5.30. The number of carbonyl (C=O) groups excluding carboxylic acids is 1. The molecule has 0 bridgehead atoms. The molecule has 3 aromatic carbocycles. The molecule has 6 heteroatoms. The lowest BCUT2D eigenvalue weighted by Gasteiger charge is -2.30. The van der Waals surface area contributed by atoms with Gasteiger partial charge in [0.05, 0.1) is 17.3 Å². The van der Waals surface area contributed by atoms with E-state index in [0.717, 1.165) is 46.3 Å². The molecular weight excluding hydrogens is 524 g/mol. The van der Waals surface area contributed by atoms with Crippen molar-refractivity contribution in [3.05, 3.63) is 99.5 Å². The predicted molar refractivity (Wildman–Crippen MR) is 157 cm³/mol. The lowest BCUT2D eigenvalue weighted by atomic mass is 9.77. The number of nitrogens with zero attached hydrogens (tertiary/aromatic N) is 4. The van der Waals surface area contributed by atoms with E-state index in [2.05, 4.69) is 80.3 Å². The number of benzene rings is 3. The predicted octanol–water partition coefficient (Wildman–Crippen LogP) is 7.02. The zero-order chi connectivity index (χ0) is 26.1. The minimum absolute atomic E-state index is 0.0780. The van der Waals surface area contributed by atoms with Crippen LogP contribution in [0.25, 0.3) is 6.08 Å². The van der Waals surface area contributed by atoms with E-state index in [4.69, 9.17) is 5.10 Å². The number of anilines is 2. The molecule has 1 amide bonds. The van der Waals surface area contributed by atoms with Crippen LogP contribution >= 0.6 is 15.9 Å². The second-order valence-electron chi connectivity index (χ2n) is 10.2. The van der Waals surface area contributed by atoms with Crippen LogP contribution in [-0.4, -0.2) is 44.8 Å². The Labute approximate surface area is 228 Å². The molecular formula is C31H33BrN4O. The monoisotopic (exact) mass is 556 g/mol. The van der Waals surface area contributed by atoms with Crippen molar-refractivity contribution in [1.82, 2.24) is 5.01 Å². The van der Waals surface area contributed by atoms with Gasteiger partial charge in [-0.2, -0.15) is 5.10 Å². The van der Waals surface area contributed by atoms with E-state index in [9.17, 15) is 4.79 Å². The number of carbonyl (C=O) groups is 1. The van der Waals surface area contributed by atoms with E-state index < -0.39 is 0 Å². The van der Waals surface area contributed by atoms with Crippen LogP contribution in [0.15, 0.2) is 87.9 Å². The van der Waals surface area contributed by atoms with Crippen molar-refractivity contribution in [3.8, 4) is 0 Å². The van der Waals surface area contributed by atoms with E-state index in [1.54, 1.807) is 5.01 Å². The van der Waals surface area contributed by atoms with Gasteiger partial charge in [0.25, 0.3) is 5.91 Å². The lowest BCUT2D eigenvalue weighted by Crippen LogP contribution is -2.32. The lowest BCUT2D eigenvalue weighted by molar-refractivity contribution is 0.0680. The molecule has 0 N–H and O–H groups in total. The van der Waals surface area contributed by atoms with Crippen LogP contribution in [0.3, 0.4) is 0 Å². The molecule has 1 heterocycles. The highest BCUT2D eigenvalue weighted by Gasteiger charge is 2.44. The molecule has 1 aliphatic heterocycles. The third-order valence-electron chi connectivity index (χ3n) is 7.32. The van der Waals surface area contributed by atoms with Gasteiger partial charge in [-0.3, -0.25) is 4.79 Å². The Morgan fingerprint density at radius 2 is 1.54 bits per heavy atom. The van der Waals surface area contributed by atoms with Gasteiger partial charge >= 0.3 is 0 Å². The number of hydrazone groups is 1. The van der Waals surface area contributed by atoms with Gasteiger partial charge in [-0.1, -0.05) is 36.4 Å². The van der Waals surface area contributed by atoms with E-state index in [1.807, 2.05) is 52.5 Å². The number of amides is 1. The minimum atomic E-state index is -0.134. The van der Waals surface area contributed by atoms with Crippen LogP contribution < -0.4 is 9.80 Å². The smallest absolute Gasteiger partial charge is 0.275 e. The molecule has 1 aliphatic carbocycles. The molecule has 5 rings (SSSR count). The number of fused-ring (bicyclic) bond motifs is 1. The quantitative estimate of drug-likeness (QED) is 0.339. The molecule has 0 aromatic heterocycles. The fourth-order valence-corrected chi connectivity index (χ4v) is 5.75. The number of hydrogen-bond donors (Lipinski definition) is 0. The van der Waals surface area contributed by atoms with Gasteiger partial charge in [0.1, 0.15) is 0 Å². The summed E-state index contributed by atoms with van der Waals surface area (Å²) in [6.45, 7) is 0. The van der Waals surface area contributed by atoms with Gasteiger partial charge in [-0.15, -0.1) is 0 Å². The molecule has 0 radical (unpaired) electrons. The van der Waals surface area contributed by atoms with Crippen LogP contribution in [-0.2, 0) is 0 Å². The summed E-state index contributed by atoms with van der Waals surface area (Å²) >= 11 is 3.58. The van der Waals surface area contributed by atoms with Gasteiger partial charge in [0.2, 0.25) is 0 Å². The topological polar surface area (TPSA) is 39.1 Å². The standard InChI is InChI=1S/C31H33BrN4O/c1-34(2)24-16-12-21(13-17-24)20-23-8-7-10-27-29(23)33-36(31(37)26-9-5-6-11-28(26)32)30(27)22-14-18-25(19-15-22)35(3)4/h5-6,9,11-20,27,30H,7-8,10H2,1-4H3/b23-20-/t27-,30+/m1/s1. The Balaban J connectivity index is 1.55. The summed E-state index contributed by atoms with van der Waals surface area (Å²) in [6, 6.07) is 24.6. The van der Waals surface area contributed by atoms with Gasteiger partial charge in [-0.25, -0.2) is 5.01 Å². The van der Waals surface area contributed by atoms with Gasteiger partial charge in [-0.05, 0) is 94.4 Å². The van der Waals surface area contributed by atoms with Crippen LogP contribution in [0.4, 0.5) is 11.4 Å². The highest BCUT2D eigenvalue weighted by atomic mass is 79.9. The maximum atomic E-state index is 13.9. The highest BCUT2D eigenvalue weighted by molar-refractivity contribution is 9.10. The van der Waals surface area contributed by atoms with Gasteiger partial charge in [0.15, 0.2) is 0 Å². The minimum Gasteiger partial charge on any atom is -0.378 e. The number of halogens is 1. The first kappa shape index (κ1) is 25.3. The first-order valence-corrected chi connectivity index (χ1v) is 13.5. The molecule has 5 nitrogen and oxygen atoms in total. The summed E-state index contributed by atoms with van der Waals surface area (Å²) < 4.78 is 0.786. The number of hydrogen-bond acceptors (Lipinski definition) is 4. The summed E-state index contributed by atoms with van der Waals surface area (Å²) in [5.41, 5.74) is 7.49. The van der Waals surface area contributed by atoms with E-state index in [0.29, 0.717) is 5.56 Å². The number of rotatable bonds is 5. The Hall–Kier alpha value is -3.38. The second-order valence-corrected chi connectivity index (χ2v) is 11.1. The second kappa shape index (κ2) is 10.5. The zero-order valence-corrected chi connectivity index (χ0v) is 23.4. The summed E-state index contributed by atoms with van der Waals surface area (Å²) in [4.78, 5) is 18.1. The molecule has 0 saturated heterocycles. The van der Waals surface area contributed by atoms with E-state index in [1.165, 1.54) is 11.3 Å². The van der Waals surface area contributed by atoms with Crippen LogP contribution in [0.5, 0.6) is 0 Å². The van der Waals surface area contributed by atoms with Crippen molar-refractivity contribution in [1.29, 1.82) is 0 Å². The number of allylic oxidation sites excluding steroid dienone is 1. The van der Waals surface area contributed by atoms with Crippen molar-refractivity contribution in [2.24, 2.45) is 11.0 Å². The first-order chi connectivity index (χ1) is 17.8. The summed E-state index contributed by atoms with van der Waals surface area (Å²) in [5, 5.41) is 6.79. The van der Waals surface area contributed by atoms with Crippen molar-refractivity contribution < 1.29 is 4.79 Å². The normalized spacial score (nSPS) is 20.0. The largest absolute Gasteiger partial charge is 0.378 e. The molecule has 2 aliphatic rings. The highest BCUT2D eigenvalue weighted by Crippen LogP contribution is 2.45. The SMILES string of the molecule is CN(C)c1ccc(/C=C2/CCC[C@@H]3C2=NN(C(=O)c2ccccc2Br)[C@H]3c2ccc(N(C)C)cc2)cc1. The summed E-state index contributed by atoms with van der Waals surface area (Å²) in [5.74, 6) is 0.0865. The molecule has 3 aromatic rings. The molecule has 1 fully saturated rings. The average molecular weight is 558 g/mol. The Morgan fingerprint density at radius 3 is 2.16 bits per heavy atom. The first-order valence-electron chi connectivity index (χ1n) is 12.8. The van der Waals surface area contributed by atoms with Gasteiger partial charge in [0, 0.05) is 50.0 Å². The van der Waals surface area contributed by atoms with E-state index in [-0.39, 0.29) is 17.9 Å². The van der Waals surface area contributed by atoms with E-state index >= 15 is 0 Å². The summed E-state index contributed by atoms with van der Waals surface area (Å²) in [6.07, 6.45) is 5.31. The van der Waals surface area contributed by atoms with Crippen LogP contribution in [0.2, 0.25) is 0 Å². The van der Waals surface area contributed by atoms with Crippen LogP contribution in [0.1, 0.15) is 46.8 Å². The molecule has 0 spiro atoms. The maximum Gasteiger partial charge on any atom is 0.275 e. The fraction of sp³-hybridized carbons (Fsp3) is 0.290. The zero-order valence-electron chi connectivity index (χ0n) is 21.9. The summed E-state index contributed by atoms with van der Waals surface area (Å²) in [7, 11) is 8.18. The van der Waals surface area contributed by atoms with Crippen molar-refractivity contribution in [2.75, 3.05) is 38.0 Å². The molecule has 2 atom stereocenters. The molecule has 190 valence electrons. The Kier molecular flexibility index (Phi) is 7.20. The molecule has 37 heavy (non-hydrogen) atoms. The van der Waals surface area contributed by atoms with Crippen molar-refractivity contribution in [2.45, 2.75) is 25.3 Å².